The predicted octanol–water partition coefficient (Wildman–Crippen LogP) is 2.96. The Morgan fingerprint density at radius 1 is 1.32 bits per heavy atom. The van der Waals surface area contributed by atoms with Gasteiger partial charge in [-0.2, -0.15) is 0 Å². The highest BCUT2D eigenvalue weighted by Crippen LogP contribution is 2.20. The van der Waals surface area contributed by atoms with E-state index in [0.29, 0.717) is 11.4 Å². The van der Waals surface area contributed by atoms with Crippen LogP contribution in [0.15, 0.2) is 30.3 Å². The number of hydrogen-bond acceptors (Lipinski definition) is 4. The van der Waals surface area contributed by atoms with E-state index in [4.69, 9.17) is 5.73 Å². The van der Waals surface area contributed by atoms with Gasteiger partial charge in [0.25, 0.3) is 5.91 Å². The van der Waals surface area contributed by atoms with E-state index in [9.17, 15) is 4.79 Å². The minimum absolute atomic E-state index is 0. The molecular formula is C15H21Cl2N3OS. The molecule has 1 aromatic heterocycles. The summed E-state index contributed by atoms with van der Waals surface area (Å²) < 4.78 is 0. The summed E-state index contributed by atoms with van der Waals surface area (Å²) in [5.41, 5.74) is 7.49. The van der Waals surface area contributed by atoms with E-state index in [1.807, 2.05) is 32.0 Å². The van der Waals surface area contributed by atoms with E-state index in [0.717, 1.165) is 17.1 Å². The van der Waals surface area contributed by atoms with Crippen molar-refractivity contribution in [2.24, 2.45) is 5.73 Å². The van der Waals surface area contributed by atoms with E-state index in [1.165, 1.54) is 16.9 Å². The van der Waals surface area contributed by atoms with Gasteiger partial charge in [0.1, 0.15) is 4.88 Å². The summed E-state index contributed by atoms with van der Waals surface area (Å²) in [6.07, 6.45) is 0.756. The van der Waals surface area contributed by atoms with E-state index in [-0.39, 0.29) is 36.8 Å². The summed E-state index contributed by atoms with van der Waals surface area (Å²) in [5.74, 6) is -0.0859. The van der Waals surface area contributed by atoms with Crippen LogP contribution >= 0.6 is 36.2 Å². The second-order valence-corrected chi connectivity index (χ2v) is 5.88. The molecule has 122 valence electrons. The molecule has 0 saturated heterocycles. The van der Waals surface area contributed by atoms with Crippen molar-refractivity contribution >= 4 is 42.1 Å². The normalized spacial score (nSPS) is 11.0. The maximum absolute atomic E-state index is 12.1. The Bertz CT molecular complexity index is 590. The lowest BCUT2D eigenvalue weighted by Gasteiger charge is -2.09. The molecule has 1 aromatic carbocycles. The number of nitrogens with zero attached hydrogens (tertiary/aromatic N) is 1. The number of nitrogens with one attached hydrogen (secondary N) is 1. The van der Waals surface area contributed by atoms with Crippen LogP contribution in [0, 0.1) is 6.92 Å². The summed E-state index contributed by atoms with van der Waals surface area (Å²) in [5, 5.41) is 3.83. The highest BCUT2D eigenvalue weighted by Gasteiger charge is 2.16. The highest BCUT2D eigenvalue weighted by atomic mass is 35.5. The number of aromatic nitrogens is 1. The molecular weight excluding hydrogens is 341 g/mol. The van der Waals surface area contributed by atoms with E-state index in [2.05, 4.69) is 22.4 Å². The number of halogens is 2. The first kappa shape index (κ1) is 20.9. The summed E-state index contributed by atoms with van der Waals surface area (Å²) in [6.45, 7) is 4.19. The Labute approximate surface area is 147 Å². The van der Waals surface area contributed by atoms with Crippen LogP contribution in [0.25, 0.3) is 0 Å². The topological polar surface area (TPSA) is 68.0 Å². The van der Waals surface area contributed by atoms with Crippen molar-refractivity contribution in [2.75, 3.05) is 6.54 Å². The fraction of sp³-hybridized carbons (Fsp3) is 0.333. The molecule has 0 spiro atoms. The molecule has 2 rings (SSSR count). The van der Waals surface area contributed by atoms with Gasteiger partial charge >= 0.3 is 0 Å². The lowest BCUT2D eigenvalue weighted by molar-refractivity contribution is 0.0944. The second kappa shape index (κ2) is 9.79. The predicted molar refractivity (Wildman–Crippen MR) is 96.6 cm³/mol. The van der Waals surface area contributed by atoms with Gasteiger partial charge in [0.15, 0.2) is 0 Å². The summed E-state index contributed by atoms with van der Waals surface area (Å²) >= 11 is 1.45. The number of aryl methyl sites for hydroxylation is 1. The van der Waals surface area contributed by atoms with Gasteiger partial charge in [0, 0.05) is 19.0 Å². The van der Waals surface area contributed by atoms with Crippen LogP contribution in [0.1, 0.15) is 32.9 Å². The van der Waals surface area contributed by atoms with E-state index < -0.39 is 0 Å². The SMILES string of the molecule is Cc1nc(Cc2ccccc2)sc1C(=O)N[C@@H](C)CN.Cl.Cl. The largest absolute Gasteiger partial charge is 0.348 e. The average Bonchev–Trinajstić information content (AvgIpc) is 2.80. The number of amides is 1. The molecule has 1 heterocycles. The number of thiazole rings is 1. The Hall–Kier alpha value is -1.14. The molecule has 4 nitrogen and oxygen atoms in total. The zero-order valence-corrected chi connectivity index (χ0v) is 15.0. The molecule has 0 aliphatic heterocycles. The van der Waals surface area contributed by atoms with Gasteiger partial charge in [-0.1, -0.05) is 30.3 Å². The minimum Gasteiger partial charge on any atom is -0.348 e. The van der Waals surface area contributed by atoms with Gasteiger partial charge in [0.05, 0.1) is 10.7 Å². The average molecular weight is 362 g/mol. The molecule has 3 N–H and O–H groups in total. The van der Waals surface area contributed by atoms with Gasteiger partial charge < -0.3 is 11.1 Å². The first-order valence-electron chi connectivity index (χ1n) is 6.61. The number of nitrogens with two attached hydrogens (primary N) is 1. The van der Waals surface area contributed by atoms with Crippen LogP contribution in [0.2, 0.25) is 0 Å². The van der Waals surface area contributed by atoms with Crippen LogP contribution in [0.4, 0.5) is 0 Å². The third-order valence-corrected chi connectivity index (χ3v) is 4.13. The van der Waals surface area contributed by atoms with Crippen molar-refractivity contribution in [2.45, 2.75) is 26.3 Å². The number of carbonyl (C=O) groups excluding carboxylic acids is 1. The molecule has 7 heteroatoms. The highest BCUT2D eigenvalue weighted by molar-refractivity contribution is 7.13. The molecule has 0 unspecified atom stereocenters. The van der Waals surface area contributed by atoms with Crippen LogP contribution in [0.3, 0.4) is 0 Å². The third kappa shape index (κ3) is 5.57. The Morgan fingerprint density at radius 2 is 1.95 bits per heavy atom. The zero-order chi connectivity index (χ0) is 14.5. The van der Waals surface area contributed by atoms with Crippen molar-refractivity contribution < 1.29 is 4.79 Å². The lowest BCUT2D eigenvalue weighted by atomic mass is 10.2. The van der Waals surface area contributed by atoms with Gasteiger partial charge in [-0.05, 0) is 19.4 Å². The fourth-order valence-corrected chi connectivity index (χ4v) is 2.86. The van der Waals surface area contributed by atoms with Gasteiger partial charge in [-0.15, -0.1) is 36.2 Å². The fourth-order valence-electron chi connectivity index (χ4n) is 1.86. The molecule has 0 aliphatic carbocycles. The Kier molecular flexibility index (Phi) is 9.28. The van der Waals surface area contributed by atoms with Crippen LogP contribution in [-0.2, 0) is 6.42 Å². The number of rotatable bonds is 5. The van der Waals surface area contributed by atoms with E-state index in [1.54, 1.807) is 0 Å². The second-order valence-electron chi connectivity index (χ2n) is 4.79. The van der Waals surface area contributed by atoms with Crippen molar-refractivity contribution in [3.05, 3.63) is 51.5 Å². The molecule has 0 aliphatic rings. The van der Waals surface area contributed by atoms with Crippen molar-refractivity contribution in [3.8, 4) is 0 Å². The number of benzene rings is 1. The molecule has 0 saturated carbocycles. The smallest absolute Gasteiger partial charge is 0.263 e. The van der Waals surface area contributed by atoms with Crippen molar-refractivity contribution in [1.29, 1.82) is 0 Å². The molecule has 0 fully saturated rings. The maximum atomic E-state index is 12.1. The van der Waals surface area contributed by atoms with Crippen LogP contribution < -0.4 is 11.1 Å². The van der Waals surface area contributed by atoms with Gasteiger partial charge in [-0.25, -0.2) is 4.98 Å². The molecule has 1 atom stereocenters. The lowest BCUT2D eigenvalue weighted by Crippen LogP contribution is -2.37. The first-order valence-corrected chi connectivity index (χ1v) is 7.43. The molecule has 0 radical (unpaired) electrons. The minimum atomic E-state index is -0.0859. The number of carbonyl (C=O) groups is 1. The van der Waals surface area contributed by atoms with Crippen molar-refractivity contribution in [3.63, 3.8) is 0 Å². The standard InChI is InChI=1S/C15H19N3OS.2ClH/c1-10(9-16)17-15(19)14-11(2)18-13(20-14)8-12-6-4-3-5-7-12;;/h3-7,10H,8-9,16H2,1-2H3,(H,17,19);2*1H/t10-;;/m0../s1. The van der Waals surface area contributed by atoms with Crippen LogP contribution in [-0.4, -0.2) is 23.5 Å². The van der Waals surface area contributed by atoms with Gasteiger partial charge in [-0.3, -0.25) is 4.79 Å². The third-order valence-electron chi connectivity index (χ3n) is 2.98. The summed E-state index contributed by atoms with van der Waals surface area (Å²) in [7, 11) is 0. The zero-order valence-electron chi connectivity index (χ0n) is 12.5. The monoisotopic (exact) mass is 361 g/mol. The molecule has 0 bridgehead atoms. The maximum Gasteiger partial charge on any atom is 0.263 e. The Balaban J connectivity index is 0.00000220. The molecule has 22 heavy (non-hydrogen) atoms. The first-order chi connectivity index (χ1) is 9.60. The van der Waals surface area contributed by atoms with Crippen molar-refractivity contribution in [1.82, 2.24) is 10.3 Å². The summed E-state index contributed by atoms with van der Waals surface area (Å²) in [6, 6.07) is 10.1. The Morgan fingerprint density at radius 3 is 2.55 bits per heavy atom. The van der Waals surface area contributed by atoms with Gasteiger partial charge in [0.2, 0.25) is 0 Å². The number of hydrogen-bond donors (Lipinski definition) is 2. The summed E-state index contributed by atoms with van der Waals surface area (Å²) in [4.78, 5) is 17.3. The molecule has 1 amide bonds. The van der Waals surface area contributed by atoms with E-state index >= 15 is 0 Å². The van der Waals surface area contributed by atoms with Crippen LogP contribution in [0.5, 0.6) is 0 Å². The molecule has 2 aromatic rings. The quantitative estimate of drug-likeness (QED) is 0.859.